The first-order valence-electron chi connectivity index (χ1n) is 5.51. The van der Waals surface area contributed by atoms with Gasteiger partial charge in [0.05, 0.1) is 12.1 Å². The minimum Gasteiger partial charge on any atom is -0.478 e. The van der Waals surface area contributed by atoms with Crippen LogP contribution in [0.25, 0.3) is 0 Å². The molecular weight excluding hydrogens is 251 g/mol. The molecule has 0 spiro atoms. The fourth-order valence-electron chi connectivity index (χ4n) is 1.74. The summed E-state index contributed by atoms with van der Waals surface area (Å²) < 4.78 is 14.6. The number of carbonyl (C=O) groups is 1. The van der Waals surface area contributed by atoms with E-state index in [1.165, 1.54) is 22.9 Å². The molecule has 1 N–H and O–H groups in total. The molecule has 2 aromatic rings. The van der Waals surface area contributed by atoms with Crippen molar-refractivity contribution in [3.05, 3.63) is 63.6 Å². The number of carboxylic acid groups (broad SMARTS) is 1. The standard InChI is InChI=1S/C13H11FN2O3/c1-8-5-15-13(19)16(6-8)7-9-2-10(12(17)18)4-11(14)3-9/h2-6H,7H2,1H3,(H,17,18). The van der Waals surface area contributed by atoms with Crippen LogP contribution in [-0.2, 0) is 6.54 Å². The van der Waals surface area contributed by atoms with Crippen LogP contribution in [0.4, 0.5) is 4.39 Å². The Morgan fingerprint density at radius 2 is 2.16 bits per heavy atom. The maximum Gasteiger partial charge on any atom is 0.347 e. The molecule has 2 rings (SSSR count). The number of halogens is 1. The fourth-order valence-corrected chi connectivity index (χ4v) is 1.74. The molecule has 1 aromatic heterocycles. The Labute approximate surface area is 108 Å². The maximum atomic E-state index is 13.3. The molecule has 1 aromatic carbocycles. The van der Waals surface area contributed by atoms with Crippen molar-refractivity contribution >= 4 is 5.97 Å². The summed E-state index contributed by atoms with van der Waals surface area (Å²) in [4.78, 5) is 26.0. The number of rotatable bonds is 3. The van der Waals surface area contributed by atoms with E-state index in [1.807, 2.05) is 0 Å². The number of carboxylic acids is 1. The Balaban J connectivity index is 2.40. The fraction of sp³-hybridized carbons (Fsp3) is 0.154. The Morgan fingerprint density at radius 1 is 1.42 bits per heavy atom. The van der Waals surface area contributed by atoms with Crippen molar-refractivity contribution in [2.24, 2.45) is 0 Å². The number of hydrogen-bond acceptors (Lipinski definition) is 3. The number of nitrogens with zero attached hydrogens (tertiary/aromatic N) is 2. The minimum atomic E-state index is -1.21. The molecule has 0 aliphatic heterocycles. The summed E-state index contributed by atoms with van der Waals surface area (Å²) in [6.07, 6.45) is 3.02. The predicted octanol–water partition coefficient (Wildman–Crippen LogP) is 1.44. The maximum absolute atomic E-state index is 13.3. The van der Waals surface area contributed by atoms with E-state index in [0.717, 1.165) is 11.6 Å². The van der Waals surface area contributed by atoms with Crippen molar-refractivity contribution in [3.8, 4) is 0 Å². The number of aromatic carboxylic acids is 1. The van der Waals surface area contributed by atoms with Crippen LogP contribution in [0.5, 0.6) is 0 Å². The third-order valence-electron chi connectivity index (χ3n) is 2.54. The Bertz CT molecular complexity index is 695. The van der Waals surface area contributed by atoms with Gasteiger partial charge >= 0.3 is 11.7 Å². The summed E-state index contributed by atoms with van der Waals surface area (Å²) in [5, 5.41) is 8.85. The average molecular weight is 262 g/mol. The number of aromatic nitrogens is 2. The second kappa shape index (κ2) is 5.01. The number of hydrogen-bond donors (Lipinski definition) is 1. The summed E-state index contributed by atoms with van der Waals surface area (Å²) in [6, 6.07) is 3.46. The van der Waals surface area contributed by atoms with E-state index in [9.17, 15) is 14.0 Å². The van der Waals surface area contributed by atoms with Gasteiger partial charge in [0.2, 0.25) is 0 Å². The number of aryl methyl sites for hydroxylation is 1. The molecule has 19 heavy (non-hydrogen) atoms. The molecular formula is C13H11FN2O3. The largest absolute Gasteiger partial charge is 0.478 e. The highest BCUT2D eigenvalue weighted by atomic mass is 19.1. The van der Waals surface area contributed by atoms with E-state index in [2.05, 4.69) is 4.98 Å². The third-order valence-corrected chi connectivity index (χ3v) is 2.54. The van der Waals surface area contributed by atoms with Crippen molar-refractivity contribution < 1.29 is 14.3 Å². The van der Waals surface area contributed by atoms with E-state index < -0.39 is 17.5 Å². The molecule has 0 aliphatic carbocycles. The lowest BCUT2D eigenvalue weighted by Crippen LogP contribution is -2.23. The Kier molecular flexibility index (Phi) is 3.41. The Morgan fingerprint density at radius 3 is 2.84 bits per heavy atom. The van der Waals surface area contributed by atoms with Crippen LogP contribution in [0.15, 0.2) is 35.4 Å². The van der Waals surface area contributed by atoms with Crippen molar-refractivity contribution in [2.75, 3.05) is 0 Å². The van der Waals surface area contributed by atoms with Crippen LogP contribution >= 0.6 is 0 Å². The summed E-state index contributed by atoms with van der Waals surface area (Å²) in [6.45, 7) is 1.85. The highest BCUT2D eigenvalue weighted by Gasteiger charge is 2.08. The van der Waals surface area contributed by atoms with Gasteiger partial charge in [-0.05, 0) is 36.2 Å². The van der Waals surface area contributed by atoms with Gasteiger partial charge in [0.1, 0.15) is 5.82 Å². The lowest BCUT2D eigenvalue weighted by molar-refractivity contribution is 0.0696. The third kappa shape index (κ3) is 3.04. The SMILES string of the molecule is Cc1cnc(=O)n(Cc2cc(F)cc(C(=O)O)c2)c1. The Hall–Kier alpha value is -2.50. The van der Waals surface area contributed by atoms with Gasteiger partial charge in [0.15, 0.2) is 0 Å². The molecule has 0 bridgehead atoms. The summed E-state index contributed by atoms with van der Waals surface area (Å²) in [5.41, 5.74) is 0.566. The van der Waals surface area contributed by atoms with Crippen molar-refractivity contribution in [1.29, 1.82) is 0 Å². The highest BCUT2D eigenvalue weighted by molar-refractivity contribution is 5.87. The first-order chi connectivity index (χ1) is 8.95. The molecule has 0 saturated carbocycles. The molecule has 0 radical (unpaired) electrons. The molecule has 98 valence electrons. The normalized spacial score (nSPS) is 10.4. The lowest BCUT2D eigenvalue weighted by Gasteiger charge is -2.07. The van der Waals surface area contributed by atoms with Crippen LogP contribution in [0, 0.1) is 12.7 Å². The van der Waals surface area contributed by atoms with Crippen molar-refractivity contribution in [2.45, 2.75) is 13.5 Å². The van der Waals surface area contributed by atoms with Crippen LogP contribution in [0.2, 0.25) is 0 Å². The monoisotopic (exact) mass is 262 g/mol. The van der Waals surface area contributed by atoms with Crippen LogP contribution in [0.3, 0.4) is 0 Å². The van der Waals surface area contributed by atoms with Gasteiger partial charge in [-0.3, -0.25) is 4.57 Å². The molecule has 0 fully saturated rings. The van der Waals surface area contributed by atoms with E-state index in [-0.39, 0.29) is 12.1 Å². The highest BCUT2D eigenvalue weighted by Crippen LogP contribution is 2.10. The zero-order valence-corrected chi connectivity index (χ0v) is 10.1. The van der Waals surface area contributed by atoms with E-state index >= 15 is 0 Å². The zero-order valence-electron chi connectivity index (χ0n) is 10.1. The van der Waals surface area contributed by atoms with Gasteiger partial charge in [-0.25, -0.2) is 19.0 Å². The molecule has 1 heterocycles. The van der Waals surface area contributed by atoms with E-state index in [4.69, 9.17) is 5.11 Å². The van der Waals surface area contributed by atoms with Crippen LogP contribution in [0.1, 0.15) is 21.5 Å². The van der Waals surface area contributed by atoms with Gasteiger partial charge in [0, 0.05) is 12.4 Å². The second-order valence-corrected chi connectivity index (χ2v) is 4.20. The minimum absolute atomic E-state index is 0.0750. The van der Waals surface area contributed by atoms with Gasteiger partial charge < -0.3 is 5.11 Å². The molecule has 0 atom stereocenters. The van der Waals surface area contributed by atoms with E-state index in [0.29, 0.717) is 5.56 Å². The lowest BCUT2D eigenvalue weighted by atomic mass is 10.1. The van der Waals surface area contributed by atoms with Gasteiger partial charge in [-0.15, -0.1) is 0 Å². The summed E-state index contributed by atoms with van der Waals surface area (Å²) >= 11 is 0. The van der Waals surface area contributed by atoms with Gasteiger partial charge in [-0.1, -0.05) is 0 Å². The molecule has 0 saturated heterocycles. The topological polar surface area (TPSA) is 72.2 Å². The molecule has 5 nitrogen and oxygen atoms in total. The zero-order chi connectivity index (χ0) is 14.0. The van der Waals surface area contributed by atoms with Crippen molar-refractivity contribution in [1.82, 2.24) is 9.55 Å². The van der Waals surface area contributed by atoms with Crippen LogP contribution in [-0.4, -0.2) is 20.6 Å². The van der Waals surface area contributed by atoms with E-state index in [1.54, 1.807) is 13.1 Å². The molecule has 0 amide bonds. The molecule has 0 unspecified atom stereocenters. The molecule has 6 heteroatoms. The molecule has 0 aliphatic rings. The van der Waals surface area contributed by atoms with Crippen LogP contribution < -0.4 is 5.69 Å². The van der Waals surface area contributed by atoms with Crippen molar-refractivity contribution in [3.63, 3.8) is 0 Å². The average Bonchev–Trinajstić information content (AvgIpc) is 2.33. The number of benzene rings is 1. The first-order valence-corrected chi connectivity index (χ1v) is 5.51. The summed E-state index contributed by atoms with van der Waals surface area (Å²) in [7, 11) is 0. The summed E-state index contributed by atoms with van der Waals surface area (Å²) in [5.74, 6) is -1.86. The quantitative estimate of drug-likeness (QED) is 0.908. The first kappa shape index (κ1) is 12.9. The van der Waals surface area contributed by atoms with Gasteiger partial charge in [-0.2, -0.15) is 0 Å². The second-order valence-electron chi connectivity index (χ2n) is 4.20. The predicted molar refractivity (Wildman–Crippen MR) is 65.7 cm³/mol. The van der Waals surface area contributed by atoms with Gasteiger partial charge in [0.25, 0.3) is 0 Å². The smallest absolute Gasteiger partial charge is 0.347 e.